The molecule has 0 amide bonds. The number of nitrogens with zero attached hydrogens (tertiary/aromatic N) is 3. The molecule has 0 spiro atoms. The van der Waals surface area contributed by atoms with Gasteiger partial charge in [0.2, 0.25) is 11.7 Å². The number of H-pyrrole nitrogens is 1. The van der Waals surface area contributed by atoms with Crippen molar-refractivity contribution < 1.29 is 51.8 Å². The van der Waals surface area contributed by atoms with E-state index >= 15 is 0 Å². The maximum Gasteiger partial charge on any atom is 0.478 e. The van der Waals surface area contributed by atoms with Gasteiger partial charge in [0, 0.05) is 0 Å². The largest absolute Gasteiger partial charge is 0.756 e. The third kappa shape index (κ3) is 3.61. The Bertz CT molecular complexity index is 1160. The first-order valence-corrected chi connectivity index (χ1v) is 11.3. The smallest absolute Gasteiger partial charge is 0.478 e. The van der Waals surface area contributed by atoms with Crippen LogP contribution < -0.4 is 20.8 Å². The number of nitrogens with two attached hydrogens (primary N) is 1. The number of hydrogen-bond donors (Lipinski definition) is 5. The Kier molecular flexibility index (Phi) is 4.95. The third-order valence-corrected chi connectivity index (χ3v) is 6.86. The first kappa shape index (κ1) is 21.5. The molecule has 2 bridgehead atoms. The Balaban J connectivity index is 1.63. The number of nitrogen functional groups attached to an aromatic ring is 1. The van der Waals surface area contributed by atoms with E-state index in [9.17, 15) is 28.8 Å². The molecule has 0 saturated carbocycles. The van der Waals surface area contributed by atoms with Crippen LogP contribution in [0.3, 0.4) is 0 Å². The van der Waals surface area contributed by atoms with Crippen molar-refractivity contribution in [3.8, 4) is 0 Å². The van der Waals surface area contributed by atoms with Crippen LogP contribution in [0, 0.1) is 0 Å². The molecule has 4 heterocycles. The quantitative estimate of drug-likeness (QED) is 0.207. The molecule has 0 aliphatic carbocycles. The molecule has 6 N–H and O–H groups in total. The number of aliphatic hydroxyl groups is 1. The van der Waals surface area contributed by atoms with Gasteiger partial charge in [-0.1, -0.05) is 4.98 Å². The van der Waals surface area contributed by atoms with E-state index in [-0.39, 0.29) is 23.7 Å². The van der Waals surface area contributed by atoms with Gasteiger partial charge in [0.25, 0.3) is 19.3 Å². The second-order valence-corrected chi connectivity index (χ2v) is 9.63. The average Bonchev–Trinajstić information content (AvgIpc) is 3.18. The van der Waals surface area contributed by atoms with Gasteiger partial charge < -0.3 is 35.0 Å². The zero-order valence-electron chi connectivity index (χ0n) is 15.1. The van der Waals surface area contributed by atoms with Crippen molar-refractivity contribution in [2.24, 2.45) is 7.05 Å². The van der Waals surface area contributed by atoms with Gasteiger partial charge in [0.05, 0.1) is 20.3 Å². The molecule has 6 atom stereocenters. The lowest BCUT2D eigenvalue weighted by Gasteiger charge is -2.30. The van der Waals surface area contributed by atoms with Crippen LogP contribution >= 0.6 is 15.6 Å². The lowest BCUT2D eigenvalue weighted by atomic mass is 10.0. The summed E-state index contributed by atoms with van der Waals surface area (Å²) in [5.74, 6) is -0.153. The zero-order valence-corrected chi connectivity index (χ0v) is 16.9. The summed E-state index contributed by atoms with van der Waals surface area (Å²) in [4.78, 5) is 47.3. The van der Waals surface area contributed by atoms with E-state index in [2.05, 4.69) is 18.8 Å². The van der Waals surface area contributed by atoms with Crippen LogP contribution in [0.15, 0.2) is 11.1 Å². The Morgan fingerprint density at radius 3 is 2.90 bits per heavy atom. The minimum absolute atomic E-state index is 0.131. The molecule has 2 saturated heterocycles. The van der Waals surface area contributed by atoms with Crippen molar-refractivity contribution in [3.63, 3.8) is 0 Å². The van der Waals surface area contributed by atoms with Gasteiger partial charge in [0.15, 0.2) is 6.33 Å². The summed E-state index contributed by atoms with van der Waals surface area (Å²) in [6, 6.07) is 0. The molecule has 2 aliphatic rings. The topological polar surface area (TPSA) is 235 Å². The monoisotopic (exact) mass is 469 g/mol. The molecule has 16 nitrogen and oxygen atoms in total. The lowest BCUT2D eigenvalue weighted by Crippen LogP contribution is -2.50. The maximum absolute atomic E-state index is 12.2. The molecule has 2 aromatic heterocycles. The highest BCUT2D eigenvalue weighted by atomic mass is 31.3. The van der Waals surface area contributed by atoms with E-state index in [1.54, 1.807) is 7.05 Å². The first-order chi connectivity index (χ1) is 13.8. The molecule has 166 valence electrons. The van der Waals surface area contributed by atoms with E-state index in [1.807, 2.05) is 0 Å². The predicted octanol–water partition coefficient (Wildman–Crippen LogP) is -3.25. The number of anilines is 1. The number of ether oxygens (including phenoxy) is 2. The second kappa shape index (κ2) is 6.90. The Hall–Kier alpha value is -1.71. The van der Waals surface area contributed by atoms with Crippen LogP contribution in [-0.4, -0.2) is 60.5 Å². The number of nitrogens with one attached hydrogen (secondary N) is 1. The first-order valence-electron chi connectivity index (χ1n) is 8.28. The van der Waals surface area contributed by atoms with Gasteiger partial charge in [-0.3, -0.25) is 23.4 Å². The van der Waals surface area contributed by atoms with Crippen LogP contribution in [0.1, 0.15) is 6.23 Å². The number of hydrogen-bond acceptors (Lipinski definition) is 11. The number of aromatic nitrogens is 4. The zero-order chi connectivity index (χ0) is 22.1. The molecule has 30 heavy (non-hydrogen) atoms. The highest BCUT2D eigenvalue weighted by Crippen LogP contribution is 2.57. The fraction of sp³-hybridized carbons (Fsp3) is 0.583. The summed E-state index contributed by atoms with van der Waals surface area (Å²) in [6.45, 7) is -1.07. The van der Waals surface area contributed by atoms with Gasteiger partial charge in [-0.25, -0.2) is 13.4 Å². The number of phosphoric ester groups is 1. The summed E-state index contributed by atoms with van der Waals surface area (Å²) in [5, 5.41) is 10.6. The van der Waals surface area contributed by atoms with Gasteiger partial charge in [-0.2, -0.15) is 0 Å². The van der Waals surface area contributed by atoms with Crippen molar-refractivity contribution in [2.45, 2.75) is 24.0 Å². The van der Waals surface area contributed by atoms with Gasteiger partial charge in [-0.15, -0.1) is 0 Å². The summed E-state index contributed by atoms with van der Waals surface area (Å²) in [6.07, 6.45) is -1.91. The Morgan fingerprint density at radius 2 is 2.23 bits per heavy atom. The number of rotatable bonds is 6. The van der Waals surface area contributed by atoms with E-state index in [0.717, 1.165) is 0 Å². The second-order valence-electron chi connectivity index (χ2n) is 6.84. The van der Waals surface area contributed by atoms with Crippen molar-refractivity contribution in [1.29, 1.82) is 0 Å². The molecule has 0 aromatic carbocycles. The molecule has 4 rings (SSSR count). The Morgan fingerprint density at radius 1 is 1.53 bits per heavy atom. The van der Waals surface area contributed by atoms with Crippen molar-refractivity contribution in [2.75, 3.05) is 18.9 Å². The fourth-order valence-electron chi connectivity index (χ4n) is 3.54. The number of aryl methyl sites for hydroxylation is 1. The SMILES string of the molecule is Cn1c[n+]([C@@H]2O[C@@]3(COP(=O)(O)OP(=O)([O-])O)COC2[C@H]3O)c2nc(N)[nH]c(=O)c21. The molecule has 2 fully saturated rings. The van der Waals surface area contributed by atoms with Crippen LogP contribution in [0.5, 0.6) is 0 Å². The molecule has 2 aliphatic heterocycles. The maximum atomic E-state index is 12.2. The normalized spacial score (nSPS) is 32.4. The third-order valence-electron chi connectivity index (χ3n) is 4.75. The number of aliphatic hydroxyl groups excluding tert-OH is 1. The summed E-state index contributed by atoms with van der Waals surface area (Å²) >= 11 is 0. The standard InChI is InChI=1S/C12H17N5O11P2/c1-16-4-17(8-5(16)9(19)15-11(13)14-8)10-6-7(18)12(27-10,2-25-6)3-26-30(23,24)28-29(20,21)22/h4,6-7,10,18H,2-3H2,1H3,(H5-,13,14,15,19,20,21,22,23,24)/t6?,7-,10-,12-/m1/s1. The highest BCUT2D eigenvalue weighted by molar-refractivity contribution is 7.60. The summed E-state index contributed by atoms with van der Waals surface area (Å²) in [5.41, 5.74) is 3.73. The highest BCUT2D eigenvalue weighted by Gasteiger charge is 2.64. The van der Waals surface area contributed by atoms with Crippen LogP contribution in [0.25, 0.3) is 11.2 Å². The molecule has 3 unspecified atom stereocenters. The number of fused-ring (bicyclic) bond motifs is 3. The van der Waals surface area contributed by atoms with Crippen molar-refractivity contribution in [3.05, 3.63) is 16.7 Å². The molecular formula is C12H17N5O11P2. The molecule has 2 aromatic rings. The van der Waals surface area contributed by atoms with E-state index in [0.29, 0.717) is 0 Å². The minimum Gasteiger partial charge on any atom is -0.756 e. The molecule has 0 radical (unpaired) electrons. The van der Waals surface area contributed by atoms with Gasteiger partial charge >= 0.3 is 13.5 Å². The van der Waals surface area contributed by atoms with Crippen LogP contribution in [0.2, 0.25) is 0 Å². The number of phosphoric acid groups is 2. The molecular weight excluding hydrogens is 452 g/mol. The van der Waals surface area contributed by atoms with E-state index in [4.69, 9.17) is 20.1 Å². The van der Waals surface area contributed by atoms with Crippen LogP contribution in [0.4, 0.5) is 5.95 Å². The molecule has 18 heteroatoms. The predicted molar refractivity (Wildman–Crippen MR) is 91.2 cm³/mol. The summed E-state index contributed by atoms with van der Waals surface area (Å²) in [7, 11) is -9.21. The van der Waals surface area contributed by atoms with E-state index in [1.165, 1.54) is 15.5 Å². The van der Waals surface area contributed by atoms with Crippen molar-refractivity contribution in [1.82, 2.24) is 14.5 Å². The number of imidazole rings is 1. The van der Waals surface area contributed by atoms with Crippen molar-refractivity contribution >= 4 is 32.8 Å². The van der Waals surface area contributed by atoms with E-state index < -0.39 is 51.8 Å². The Labute approximate surface area is 166 Å². The van der Waals surface area contributed by atoms with Gasteiger partial charge in [-0.05, 0) is 0 Å². The van der Waals surface area contributed by atoms with Gasteiger partial charge in [0.1, 0.15) is 17.8 Å². The fourth-order valence-corrected chi connectivity index (χ4v) is 5.15. The minimum atomic E-state index is -5.56. The summed E-state index contributed by atoms with van der Waals surface area (Å²) < 4.78 is 44.8. The lowest BCUT2D eigenvalue weighted by molar-refractivity contribution is -0.752. The average molecular weight is 469 g/mol. The van der Waals surface area contributed by atoms with Crippen LogP contribution in [-0.2, 0) is 34.5 Å². The number of aromatic amines is 1.